The standard InChI is InChI=1S/C19H19BrN4O2S/c1-4-8-24-12(3)16(18(25)21-15-9-11(2)26-23-15)17(22-19(24)27)13-6-5-7-14(20)10-13/h4-7,9-10,17H,1,8H2,2-3H3,(H,22,27)(H,21,23,25)/t17-/m0/s1. The molecule has 0 unspecified atom stereocenters. The van der Waals surface area contributed by atoms with Crippen molar-refractivity contribution in [2.45, 2.75) is 19.9 Å². The summed E-state index contributed by atoms with van der Waals surface area (Å²) in [5, 5.41) is 10.5. The van der Waals surface area contributed by atoms with Crippen molar-refractivity contribution in [3.8, 4) is 0 Å². The summed E-state index contributed by atoms with van der Waals surface area (Å²) in [6.45, 7) is 7.92. The Morgan fingerprint density at radius 3 is 2.89 bits per heavy atom. The van der Waals surface area contributed by atoms with Crippen molar-refractivity contribution < 1.29 is 9.32 Å². The molecule has 8 heteroatoms. The van der Waals surface area contributed by atoms with Crippen LogP contribution in [0.25, 0.3) is 0 Å². The third-order valence-electron chi connectivity index (χ3n) is 4.20. The second kappa shape index (κ2) is 8.06. The topological polar surface area (TPSA) is 70.4 Å². The molecule has 1 aromatic carbocycles. The Morgan fingerprint density at radius 2 is 2.26 bits per heavy atom. The molecule has 1 atom stereocenters. The van der Waals surface area contributed by atoms with E-state index in [1.807, 2.05) is 36.1 Å². The number of anilines is 1. The largest absolute Gasteiger partial charge is 0.360 e. The van der Waals surface area contributed by atoms with Crippen LogP contribution in [0.2, 0.25) is 0 Å². The van der Waals surface area contributed by atoms with E-state index < -0.39 is 0 Å². The lowest BCUT2D eigenvalue weighted by Gasteiger charge is -2.37. The monoisotopic (exact) mass is 446 g/mol. The zero-order valence-corrected chi connectivity index (χ0v) is 17.4. The molecule has 6 nitrogen and oxygen atoms in total. The molecule has 0 saturated carbocycles. The number of carbonyl (C=O) groups excluding carboxylic acids is 1. The molecular formula is C19H19BrN4O2S. The SMILES string of the molecule is C=CCN1C(=S)N[C@@H](c2cccc(Br)c2)C(C(=O)Nc2cc(C)on2)=C1C. The minimum Gasteiger partial charge on any atom is -0.360 e. The Labute approximate surface area is 171 Å². The van der Waals surface area contributed by atoms with Gasteiger partial charge in [0.2, 0.25) is 0 Å². The van der Waals surface area contributed by atoms with E-state index in [0.29, 0.717) is 28.8 Å². The van der Waals surface area contributed by atoms with E-state index in [4.69, 9.17) is 16.7 Å². The number of benzene rings is 1. The Balaban J connectivity index is 2.04. The minimum absolute atomic E-state index is 0.269. The highest BCUT2D eigenvalue weighted by Crippen LogP contribution is 2.32. The predicted molar refractivity (Wildman–Crippen MR) is 112 cm³/mol. The summed E-state index contributed by atoms with van der Waals surface area (Å²) in [6.07, 6.45) is 1.74. The molecule has 27 heavy (non-hydrogen) atoms. The maximum absolute atomic E-state index is 13.1. The number of thiocarbonyl (C=S) groups is 1. The Morgan fingerprint density at radius 1 is 1.48 bits per heavy atom. The summed E-state index contributed by atoms with van der Waals surface area (Å²) in [4.78, 5) is 15.0. The molecule has 1 aliphatic rings. The number of allylic oxidation sites excluding steroid dienone is 1. The molecule has 3 rings (SSSR count). The molecule has 0 fully saturated rings. The normalized spacial score (nSPS) is 16.9. The van der Waals surface area contributed by atoms with Crippen LogP contribution in [0.4, 0.5) is 5.82 Å². The first-order chi connectivity index (χ1) is 12.9. The van der Waals surface area contributed by atoms with E-state index in [0.717, 1.165) is 15.7 Å². The highest BCUT2D eigenvalue weighted by Gasteiger charge is 2.33. The summed E-state index contributed by atoms with van der Waals surface area (Å²) in [7, 11) is 0. The second-order valence-electron chi connectivity index (χ2n) is 6.11. The molecular weight excluding hydrogens is 428 g/mol. The third-order valence-corrected chi connectivity index (χ3v) is 5.04. The zero-order valence-electron chi connectivity index (χ0n) is 15.0. The lowest BCUT2D eigenvalue weighted by Crippen LogP contribution is -2.48. The van der Waals surface area contributed by atoms with Crippen molar-refractivity contribution in [2.75, 3.05) is 11.9 Å². The van der Waals surface area contributed by atoms with Gasteiger partial charge in [-0.3, -0.25) is 4.79 Å². The molecule has 1 aromatic heterocycles. The Hall–Kier alpha value is -2.45. The van der Waals surface area contributed by atoms with Gasteiger partial charge in [0.15, 0.2) is 10.9 Å². The maximum atomic E-state index is 13.1. The molecule has 2 N–H and O–H groups in total. The van der Waals surface area contributed by atoms with Crippen LogP contribution < -0.4 is 10.6 Å². The molecule has 2 aromatic rings. The van der Waals surface area contributed by atoms with Crippen molar-refractivity contribution in [3.05, 3.63) is 70.1 Å². The van der Waals surface area contributed by atoms with Crippen LogP contribution >= 0.6 is 28.1 Å². The summed E-state index contributed by atoms with van der Waals surface area (Å²) in [5.74, 6) is 0.722. The minimum atomic E-state index is -0.385. The quantitative estimate of drug-likeness (QED) is 0.532. The van der Waals surface area contributed by atoms with Gasteiger partial charge in [-0.25, -0.2) is 0 Å². The van der Waals surface area contributed by atoms with Gasteiger partial charge in [-0.15, -0.1) is 6.58 Å². The van der Waals surface area contributed by atoms with Crippen LogP contribution in [0.5, 0.6) is 0 Å². The number of nitrogens with one attached hydrogen (secondary N) is 2. The molecule has 0 spiro atoms. The van der Waals surface area contributed by atoms with E-state index in [1.54, 1.807) is 19.1 Å². The number of amides is 1. The Kier molecular flexibility index (Phi) is 5.76. The third kappa shape index (κ3) is 4.12. The number of nitrogens with zero attached hydrogens (tertiary/aromatic N) is 2. The Bertz CT molecular complexity index is 937. The van der Waals surface area contributed by atoms with Crippen molar-refractivity contribution in [1.29, 1.82) is 0 Å². The van der Waals surface area contributed by atoms with E-state index >= 15 is 0 Å². The molecule has 0 bridgehead atoms. The fourth-order valence-electron chi connectivity index (χ4n) is 2.97. The van der Waals surface area contributed by atoms with Crippen molar-refractivity contribution in [3.63, 3.8) is 0 Å². The second-order valence-corrected chi connectivity index (χ2v) is 7.42. The van der Waals surface area contributed by atoms with Gasteiger partial charge < -0.3 is 20.1 Å². The molecule has 0 radical (unpaired) electrons. The van der Waals surface area contributed by atoms with E-state index in [2.05, 4.69) is 38.3 Å². The fourth-order valence-corrected chi connectivity index (χ4v) is 3.72. The van der Waals surface area contributed by atoms with E-state index in [-0.39, 0.29) is 11.9 Å². The first-order valence-electron chi connectivity index (χ1n) is 8.30. The van der Waals surface area contributed by atoms with Gasteiger partial charge in [0.05, 0.1) is 11.6 Å². The average Bonchev–Trinajstić information content (AvgIpc) is 3.02. The van der Waals surface area contributed by atoms with Crippen molar-refractivity contribution >= 4 is 45.0 Å². The van der Waals surface area contributed by atoms with Gasteiger partial charge in [-0.05, 0) is 43.8 Å². The smallest absolute Gasteiger partial charge is 0.257 e. The van der Waals surface area contributed by atoms with Crippen LogP contribution in [0.15, 0.2) is 63.3 Å². The number of carbonyl (C=O) groups is 1. The van der Waals surface area contributed by atoms with Gasteiger partial charge in [0.1, 0.15) is 5.76 Å². The fraction of sp³-hybridized carbons (Fsp3) is 0.211. The van der Waals surface area contributed by atoms with Gasteiger partial charge in [0.25, 0.3) is 5.91 Å². The number of aromatic nitrogens is 1. The van der Waals surface area contributed by atoms with Crippen molar-refractivity contribution in [1.82, 2.24) is 15.4 Å². The molecule has 0 aliphatic carbocycles. The molecule has 1 aliphatic heterocycles. The average molecular weight is 447 g/mol. The number of hydrogen-bond acceptors (Lipinski definition) is 4. The van der Waals surface area contributed by atoms with Crippen LogP contribution in [0, 0.1) is 6.92 Å². The van der Waals surface area contributed by atoms with Crippen LogP contribution in [0.3, 0.4) is 0 Å². The lowest BCUT2D eigenvalue weighted by atomic mass is 9.94. The summed E-state index contributed by atoms with van der Waals surface area (Å²) in [5.41, 5.74) is 2.25. The number of aryl methyl sites for hydroxylation is 1. The van der Waals surface area contributed by atoms with E-state index in [1.165, 1.54) is 0 Å². The van der Waals surface area contributed by atoms with Gasteiger partial charge in [0, 0.05) is 22.8 Å². The lowest BCUT2D eigenvalue weighted by molar-refractivity contribution is -0.113. The highest BCUT2D eigenvalue weighted by atomic mass is 79.9. The van der Waals surface area contributed by atoms with Crippen LogP contribution in [-0.4, -0.2) is 27.6 Å². The maximum Gasteiger partial charge on any atom is 0.257 e. The molecule has 140 valence electrons. The summed E-state index contributed by atoms with van der Waals surface area (Å²) < 4.78 is 5.96. The number of hydrogen-bond donors (Lipinski definition) is 2. The molecule has 2 heterocycles. The van der Waals surface area contributed by atoms with Gasteiger partial charge in [-0.2, -0.15) is 0 Å². The highest BCUT2D eigenvalue weighted by molar-refractivity contribution is 9.10. The summed E-state index contributed by atoms with van der Waals surface area (Å²) >= 11 is 9.00. The first kappa shape index (κ1) is 19.3. The van der Waals surface area contributed by atoms with Crippen molar-refractivity contribution in [2.24, 2.45) is 0 Å². The predicted octanol–water partition coefficient (Wildman–Crippen LogP) is 4.08. The molecule has 1 amide bonds. The zero-order chi connectivity index (χ0) is 19.6. The first-order valence-corrected chi connectivity index (χ1v) is 9.50. The molecule has 0 saturated heterocycles. The van der Waals surface area contributed by atoms with E-state index in [9.17, 15) is 4.79 Å². The van der Waals surface area contributed by atoms with Crippen LogP contribution in [0.1, 0.15) is 24.3 Å². The summed E-state index contributed by atoms with van der Waals surface area (Å²) in [6, 6.07) is 9.06. The van der Waals surface area contributed by atoms with Crippen LogP contribution in [-0.2, 0) is 4.79 Å². The van der Waals surface area contributed by atoms with Gasteiger partial charge in [-0.1, -0.05) is 39.3 Å². The number of halogens is 1. The number of rotatable bonds is 5. The van der Waals surface area contributed by atoms with Gasteiger partial charge >= 0.3 is 0 Å².